The molecule has 0 bridgehead atoms. The number of hydrogen-bond acceptors (Lipinski definition) is 2. The summed E-state index contributed by atoms with van der Waals surface area (Å²) in [5, 5.41) is 8.91. The first-order valence-electron chi connectivity index (χ1n) is 6.51. The van der Waals surface area contributed by atoms with E-state index in [4.69, 9.17) is 5.26 Å². The van der Waals surface area contributed by atoms with E-state index in [0.717, 1.165) is 15.6 Å². The van der Waals surface area contributed by atoms with Gasteiger partial charge in [-0.05, 0) is 48.4 Å². The minimum Gasteiger partial charge on any atom is -0.337 e. The highest BCUT2D eigenvalue weighted by molar-refractivity contribution is 9.10. The summed E-state index contributed by atoms with van der Waals surface area (Å²) in [6.07, 6.45) is 0. The van der Waals surface area contributed by atoms with Gasteiger partial charge in [0.1, 0.15) is 0 Å². The third-order valence-electron chi connectivity index (χ3n) is 3.11. The van der Waals surface area contributed by atoms with E-state index in [9.17, 15) is 4.79 Å². The van der Waals surface area contributed by atoms with Crippen molar-refractivity contribution in [1.29, 1.82) is 5.26 Å². The van der Waals surface area contributed by atoms with Gasteiger partial charge < -0.3 is 4.90 Å². The molecule has 0 radical (unpaired) electrons. The molecule has 2 rings (SSSR count). The predicted octanol–water partition coefficient (Wildman–Crippen LogP) is 3.90. The molecule has 4 heteroatoms. The molecule has 2 aromatic carbocycles. The first-order chi connectivity index (χ1) is 9.99. The van der Waals surface area contributed by atoms with Gasteiger partial charge in [-0.3, -0.25) is 4.79 Å². The van der Waals surface area contributed by atoms with Gasteiger partial charge in [-0.25, -0.2) is 0 Å². The molecule has 0 spiro atoms. The smallest absolute Gasteiger partial charge is 0.253 e. The molecule has 0 saturated carbocycles. The maximum Gasteiger partial charge on any atom is 0.253 e. The van der Waals surface area contributed by atoms with Crippen LogP contribution in [0.4, 0.5) is 0 Å². The van der Waals surface area contributed by atoms with Crippen molar-refractivity contribution in [3.8, 4) is 6.07 Å². The number of rotatable bonds is 3. The Balaban J connectivity index is 2.17. The van der Waals surface area contributed by atoms with Crippen LogP contribution >= 0.6 is 15.9 Å². The lowest BCUT2D eigenvalue weighted by Gasteiger charge is -2.18. The van der Waals surface area contributed by atoms with E-state index in [1.165, 1.54) is 0 Å². The molecule has 0 aliphatic carbocycles. The number of nitriles is 1. The Bertz CT molecular complexity index is 699. The lowest BCUT2D eigenvalue weighted by molar-refractivity contribution is 0.0785. The van der Waals surface area contributed by atoms with Gasteiger partial charge in [0.25, 0.3) is 5.91 Å². The number of hydrogen-bond donors (Lipinski definition) is 0. The zero-order chi connectivity index (χ0) is 15.4. The minimum atomic E-state index is -0.0400. The van der Waals surface area contributed by atoms with E-state index >= 15 is 0 Å². The molecule has 21 heavy (non-hydrogen) atoms. The van der Waals surface area contributed by atoms with E-state index in [2.05, 4.69) is 22.0 Å². The molecule has 0 unspecified atom stereocenters. The molecular formula is C17H15BrN2O. The zero-order valence-electron chi connectivity index (χ0n) is 11.9. The zero-order valence-corrected chi connectivity index (χ0v) is 13.5. The van der Waals surface area contributed by atoms with Crippen LogP contribution in [0.5, 0.6) is 0 Å². The largest absolute Gasteiger partial charge is 0.337 e. The number of halogens is 1. The normalized spacial score (nSPS) is 10.0. The average molecular weight is 343 g/mol. The number of aryl methyl sites for hydroxylation is 1. The van der Waals surface area contributed by atoms with Gasteiger partial charge in [0, 0.05) is 23.6 Å². The van der Waals surface area contributed by atoms with E-state index in [1.54, 1.807) is 24.1 Å². The second-order valence-corrected chi connectivity index (χ2v) is 5.91. The van der Waals surface area contributed by atoms with Gasteiger partial charge in [0.2, 0.25) is 0 Å². The molecule has 106 valence electrons. The molecule has 0 N–H and O–H groups in total. The molecule has 0 aromatic heterocycles. The molecule has 0 heterocycles. The van der Waals surface area contributed by atoms with Gasteiger partial charge in [0.15, 0.2) is 0 Å². The van der Waals surface area contributed by atoms with Gasteiger partial charge in [0.05, 0.1) is 11.6 Å². The third-order valence-corrected chi connectivity index (χ3v) is 3.57. The van der Waals surface area contributed by atoms with Crippen LogP contribution in [-0.4, -0.2) is 17.9 Å². The molecule has 2 aromatic rings. The van der Waals surface area contributed by atoms with Crippen LogP contribution in [-0.2, 0) is 6.54 Å². The van der Waals surface area contributed by atoms with Crippen molar-refractivity contribution in [3.63, 3.8) is 0 Å². The van der Waals surface area contributed by atoms with Crippen LogP contribution in [0.1, 0.15) is 27.0 Å². The Morgan fingerprint density at radius 2 is 2.05 bits per heavy atom. The summed E-state index contributed by atoms with van der Waals surface area (Å²) in [4.78, 5) is 14.1. The molecule has 1 amide bonds. The fourth-order valence-corrected chi connectivity index (χ4v) is 2.77. The molecule has 0 aliphatic heterocycles. The van der Waals surface area contributed by atoms with Crippen molar-refractivity contribution in [2.24, 2.45) is 0 Å². The van der Waals surface area contributed by atoms with Crippen molar-refractivity contribution >= 4 is 21.8 Å². The van der Waals surface area contributed by atoms with E-state index in [0.29, 0.717) is 17.7 Å². The van der Waals surface area contributed by atoms with Crippen LogP contribution in [0.2, 0.25) is 0 Å². The van der Waals surface area contributed by atoms with Crippen molar-refractivity contribution < 1.29 is 4.79 Å². The number of nitrogens with zero attached hydrogens (tertiary/aromatic N) is 2. The van der Waals surface area contributed by atoms with Crippen molar-refractivity contribution in [2.45, 2.75) is 13.5 Å². The summed E-state index contributed by atoms with van der Waals surface area (Å²) in [5.41, 5.74) is 3.23. The lowest BCUT2D eigenvalue weighted by Crippen LogP contribution is -2.26. The van der Waals surface area contributed by atoms with Gasteiger partial charge in [-0.15, -0.1) is 0 Å². The quantitative estimate of drug-likeness (QED) is 0.848. The second-order valence-electron chi connectivity index (χ2n) is 4.99. The number of amides is 1. The Kier molecular flexibility index (Phi) is 4.77. The number of carbonyl (C=O) groups is 1. The molecule has 0 fully saturated rings. The van der Waals surface area contributed by atoms with E-state index in [-0.39, 0.29) is 5.91 Å². The first kappa shape index (κ1) is 15.3. The summed E-state index contributed by atoms with van der Waals surface area (Å²) in [5.74, 6) is -0.0400. The summed E-state index contributed by atoms with van der Waals surface area (Å²) in [6, 6.07) is 15.1. The standard InChI is InChI=1S/C17H15BrN2O/c1-12-6-15(9-16(18)7-12)17(21)20(2)11-14-5-3-4-13(8-14)10-19/h3-9H,11H2,1-2H3. The second kappa shape index (κ2) is 6.55. The minimum absolute atomic E-state index is 0.0400. The van der Waals surface area contributed by atoms with Crippen LogP contribution in [0.15, 0.2) is 46.9 Å². The SMILES string of the molecule is Cc1cc(Br)cc(C(=O)N(C)Cc2cccc(C#N)c2)c1. The number of carbonyl (C=O) groups excluding carboxylic acids is 1. The van der Waals surface area contributed by atoms with Gasteiger partial charge >= 0.3 is 0 Å². The van der Waals surface area contributed by atoms with Crippen LogP contribution in [0, 0.1) is 18.3 Å². The van der Waals surface area contributed by atoms with Crippen molar-refractivity contribution in [2.75, 3.05) is 7.05 Å². The molecule has 3 nitrogen and oxygen atoms in total. The highest BCUT2D eigenvalue weighted by Gasteiger charge is 2.13. The number of benzene rings is 2. The van der Waals surface area contributed by atoms with Crippen LogP contribution in [0.25, 0.3) is 0 Å². The highest BCUT2D eigenvalue weighted by atomic mass is 79.9. The van der Waals surface area contributed by atoms with Gasteiger partial charge in [-0.2, -0.15) is 5.26 Å². The Morgan fingerprint density at radius 3 is 2.71 bits per heavy atom. The Morgan fingerprint density at radius 1 is 1.29 bits per heavy atom. The maximum absolute atomic E-state index is 12.4. The summed E-state index contributed by atoms with van der Waals surface area (Å²) < 4.78 is 0.894. The average Bonchev–Trinajstić information content (AvgIpc) is 2.45. The summed E-state index contributed by atoms with van der Waals surface area (Å²) in [6.45, 7) is 2.43. The molecule has 0 saturated heterocycles. The van der Waals surface area contributed by atoms with Crippen LogP contribution < -0.4 is 0 Å². The third kappa shape index (κ3) is 3.93. The summed E-state index contributed by atoms with van der Waals surface area (Å²) in [7, 11) is 1.76. The fourth-order valence-electron chi connectivity index (χ4n) is 2.17. The fraction of sp³-hybridized carbons (Fsp3) is 0.176. The molecule has 0 atom stereocenters. The monoisotopic (exact) mass is 342 g/mol. The summed E-state index contributed by atoms with van der Waals surface area (Å²) >= 11 is 3.41. The topological polar surface area (TPSA) is 44.1 Å². The molecule has 0 aliphatic rings. The highest BCUT2D eigenvalue weighted by Crippen LogP contribution is 2.17. The lowest BCUT2D eigenvalue weighted by atomic mass is 10.1. The Labute approximate surface area is 132 Å². The maximum atomic E-state index is 12.4. The van der Waals surface area contributed by atoms with Crippen LogP contribution in [0.3, 0.4) is 0 Å². The predicted molar refractivity (Wildman–Crippen MR) is 85.8 cm³/mol. The Hall–Kier alpha value is -2.12. The van der Waals surface area contributed by atoms with Crippen molar-refractivity contribution in [3.05, 3.63) is 69.2 Å². The molecular weight excluding hydrogens is 328 g/mol. The van der Waals surface area contributed by atoms with Gasteiger partial charge in [-0.1, -0.05) is 28.1 Å². The van der Waals surface area contributed by atoms with E-state index < -0.39 is 0 Å². The van der Waals surface area contributed by atoms with E-state index in [1.807, 2.05) is 37.3 Å². The first-order valence-corrected chi connectivity index (χ1v) is 7.30. The van der Waals surface area contributed by atoms with Crippen molar-refractivity contribution in [1.82, 2.24) is 4.90 Å².